The van der Waals surface area contributed by atoms with Crippen LogP contribution in [0.3, 0.4) is 0 Å². The highest BCUT2D eigenvalue weighted by Crippen LogP contribution is 2.35. The van der Waals surface area contributed by atoms with Crippen molar-refractivity contribution in [3.8, 4) is 0 Å². The van der Waals surface area contributed by atoms with Gasteiger partial charge in [-0.2, -0.15) is 0 Å². The molecule has 1 atom stereocenters. The van der Waals surface area contributed by atoms with Crippen molar-refractivity contribution in [1.82, 2.24) is 19.5 Å². The molecule has 2 aromatic heterocycles. The molecule has 0 spiro atoms. The van der Waals surface area contributed by atoms with Gasteiger partial charge in [0.05, 0.1) is 16.2 Å². The topological polar surface area (TPSA) is 46.8 Å². The van der Waals surface area contributed by atoms with E-state index in [-0.39, 0.29) is 0 Å². The van der Waals surface area contributed by atoms with Crippen molar-refractivity contribution in [2.24, 2.45) is 7.05 Å². The molecule has 1 fully saturated rings. The Bertz CT molecular complexity index is 679. The van der Waals surface area contributed by atoms with Crippen molar-refractivity contribution in [2.75, 3.05) is 11.4 Å². The molecule has 1 aliphatic carbocycles. The third kappa shape index (κ3) is 2.33. The van der Waals surface area contributed by atoms with Gasteiger partial charge in [0.2, 0.25) is 5.95 Å². The number of hydrogen-bond acceptors (Lipinski definition) is 4. The van der Waals surface area contributed by atoms with Crippen LogP contribution in [-0.4, -0.2) is 26.1 Å². The second-order valence-electron chi connectivity index (χ2n) is 6.18. The van der Waals surface area contributed by atoms with Gasteiger partial charge in [-0.25, -0.2) is 15.0 Å². The smallest absolute Gasteiger partial charge is 0.225 e. The Morgan fingerprint density at radius 3 is 2.68 bits per heavy atom. The van der Waals surface area contributed by atoms with E-state index in [9.17, 15) is 0 Å². The summed E-state index contributed by atoms with van der Waals surface area (Å²) in [6.07, 6.45) is 10.8. The first-order chi connectivity index (χ1) is 10.7. The fourth-order valence-corrected chi connectivity index (χ4v) is 3.94. The minimum absolute atomic E-state index is 0.303. The molecule has 6 heteroatoms. The molecule has 1 aliphatic heterocycles. The van der Waals surface area contributed by atoms with Crippen LogP contribution in [0.15, 0.2) is 16.9 Å². The van der Waals surface area contributed by atoms with Gasteiger partial charge in [0.25, 0.3) is 0 Å². The van der Waals surface area contributed by atoms with Crippen molar-refractivity contribution in [1.29, 1.82) is 0 Å². The molecule has 2 aliphatic rings. The van der Waals surface area contributed by atoms with E-state index in [1.54, 1.807) is 0 Å². The van der Waals surface area contributed by atoms with Crippen LogP contribution in [0.25, 0.3) is 0 Å². The number of nitrogens with zero attached hydrogens (tertiary/aromatic N) is 5. The van der Waals surface area contributed by atoms with Gasteiger partial charge >= 0.3 is 0 Å². The van der Waals surface area contributed by atoms with Crippen LogP contribution in [0.4, 0.5) is 5.95 Å². The zero-order valence-corrected chi connectivity index (χ0v) is 14.4. The first-order valence-corrected chi connectivity index (χ1v) is 8.82. The molecule has 0 amide bonds. The second kappa shape index (κ2) is 5.65. The maximum atomic E-state index is 4.98. The quantitative estimate of drug-likeness (QED) is 0.823. The van der Waals surface area contributed by atoms with Crippen LogP contribution in [0, 0.1) is 0 Å². The van der Waals surface area contributed by atoms with Gasteiger partial charge in [-0.3, -0.25) is 0 Å². The average molecular weight is 362 g/mol. The van der Waals surface area contributed by atoms with Gasteiger partial charge in [-0.15, -0.1) is 0 Å². The summed E-state index contributed by atoms with van der Waals surface area (Å²) in [5.41, 5.74) is 2.75. The molecule has 0 bridgehead atoms. The van der Waals surface area contributed by atoms with Gasteiger partial charge in [0, 0.05) is 31.7 Å². The lowest BCUT2D eigenvalue weighted by atomic mass is 10.0. The van der Waals surface area contributed by atoms with Crippen LogP contribution >= 0.6 is 15.9 Å². The number of aryl methyl sites for hydroxylation is 1. The van der Waals surface area contributed by atoms with E-state index in [2.05, 4.69) is 42.4 Å². The van der Waals surface area contributed by atoms with Crippen LogP contribution in [0.2, 0.25) is 0 Å². The number of imidazole rings is 1. The Morgan fingerprint density at radius 1 is 1.14 bits per heavy atom. The number of anilines is 1. The molecule has 5 nitrogen and oxygen atoms in total. The summed E-state index contributed by atoms with van der Waals surface area (Å²) in [7, 11) is 2.17. The Hall–Kier alpha value is -1.43. The number of rotatable bonds is 2. The Kier molecular flexibility index (Phi) is 3.64. The summed E-state index contributed by atoms with van der Waals surface area (Å²) in [5, 5.41) is 0. The van der Waals surface area contributed by atoms with E-state index in [0.717, 1.165) is 29.8 Å². The Labute approximate surface area is 138 Å². The summed E-state index contributed by atoms with van der Waals surface area (Å²) in [4.78, 5) is 16.2. The summed E-state index contributed by atoms with van der Waals surface area (Å²) >= 11 is 3.40. The van der Waals surface area contributed by atoms with E-state index in [4.69, 9.17) is 4.98 Å². The third-order valence-electron chi connectivity index (χ3n) is 4.82. The molecule has 3 heterocycles. The lowest BCUT2D eigenvalue weighted by Crippen LogP contribution is -2.26. The van der Waals surface area contributed by atoms with Crippen LogP contribution < -0.4 is 4.90 Å². The maximum absolute atomic E-state index is 4.98. The maximum Gasteiger partial charge on any atom is 0.225 e. The minimum atomic E-state index is 0.303. The number of hydrogen-bond donors (Lipinski definition) is 0. The van der Waals surface area contributed by atoms with Gasteiger partial charge < -0.3 is 9.47 Å². The lowest BCUT2D eigenvalue weighted by Gasteiger charge is -2.24. The Balaban J connectivity index is 1.69. The summed E-state index contributed by atoms with van der Waals surface area (Å²) in [6.45, 7) is 1.00. The number of fused-ring (bicyclic) bond motifs is 1. The molecule has 0 radical (unpaired) electrons. The molecular formula is C16H20BrN5. The van der Waals surface area contributed by atoms with E-state index >= 15 is 0 Å². The van der Waals surface area contributed by atoms with E-state index in [1.807, 2.05) is 12.4 Å². The molecule has 0 aromatic carbocycles. The minimum Gasteiger partial charge on any atom is -0.333 e. The largest absolute Gasteiger partial charge is 0.333 e. The molecule has 0 saturated carbocycles. The molecule has 0 N–H and O–H groups in total. The van der Waals surface area contributed by atoms with Crippen LogP contribution in [0.5, 0.6) is 0 Å². The third-order valence-corrected chi connectivity index (χ3v) is 5.23. The number of aromatic nitrogens is 4. The zero-order valence-electron chi connectivity index (χ0n) is 12.8. The van der Waals surface area contributed by atoms with Gasteiger partial charge in [-0.1, -0.05) is 0 Å². The van der Waals surface area contributed by atoms with Gasteiger partial charge in [0.15, 0.2) is 0 Å². The van der Waals surface area contributed by atoms with Crippen molar-refractivity contribution < 1.29 is 0 Å². The molecule has 2 aromatic rings. The van der Waals surface area contributed by atoms with Crippen molar-refractivity contribution in [3.63, 3.8) is 0 Å². The van der Waals surface area contributed by atoms with Crippen LogP contribution in [-0.2, 0) is 19.9 Å². The predicted molar refractivity (Wildman–Crippen MR) is 88.9 cm³/mol. The summed E-state index contributed by atoms with van der Waals surface area (Å²) < 4.78 is 3.25. The van der Waals surface area contributed by atoms with E-state index < -0.39 is 0 Å². The normalized spacial score (nSPS) is 21.2. The highest BCUT2D eigenvalue weighted by Gasteiger charge is 2.32. The predicted octanol–water partition coefficient (Wildman–Crippen LogP) is 3.19. The molecular weight excluding hydrogens is 342 g/mol. The highest BCUT2D eigenvalue weighted by atomic mass is 79.9. The Morgan fingerprint density at radius 2 is 1.91 bits per heavy atom. The molecule has 1 unspecified atom stereocenters. The van der Waals surface area contributed by atoms with E-state index in [0.29, 0.717) is 6.04 Å². The highest BCUT2D eigenvalue weighted by molar-refractivity contribution is 9.10. The molecule has 4 rings (SSSR count). The summed E-state index contributed by atoms with van der Waals surface area (Å²) in [5.74, 6) is 2.00. The second-order valence-corrected chi connectivity index (χ2v) is 7.10. The molecule has 1 saturated heterocycles. The molecule has 22 heavy (non-hydrogen) atoms. The van der Waals surface area contributed by atoms with Gasteiger partial charge in [0.1, 0.15) is 5.82 Å². The fourth-order valence-electron chi connectivity index (χ4n) is 3.73. The zero-order chi connectivity index (χ0) is 15.1. The lowest BCUT2D eigenvalue weighted by molar-refractivity contribution is 0.604. The first-order valence-electron chi connectivity index (χ1n) is 8.02. The van der Waals surface area contributed by atoms with Crippen LogP contribution in [0.1, 0.15) is 48.9 Å². The standard InChI is InChI=1S/C16H20BrN5/c1-21-13-6-3-2-5-12(13)20-15(21)14-7-4-8-22(14)16-18-9-11(17)10-19-16/h9-10,14H,2-8H2,1H3. The van der Waals surface area contributed by atoms with E-state index in [1.165, 1.54) is 42.9 Å². The molecule has 116 valence electrons. The van der Waals surface area contributed by atoms with Crippen molar-refractivity contribution in [3.05, 3.63) is 34.1 Å². The SMILES string of the molecule is Cn1c(C2CCCN2c2ncc(Br)cn2)nc2c1CCCC2. The fraction of sp³-hybridized carbons (Fsp3) is 0.562. The first kappa shape index (κ1) is 14.2. The van der Waals surface area contributed by atoms with Crippen molar-refractivity contribution >= 4 is 21.9 Å². The summed E-state index contributed by atoms with van der Waals surface area (Å²) in [6, 6.07) is 0.303. The monoisotopic (exact) mass is 361 g/mol. The average Bonchev–Trinajstić information content (AvgIpc) is 3.13. The number of halogens is 1. The van der Waals surface area contributed by atoms with Gasteiger partial charge in [-0.05, 0) is 54.5 Å². The van der Waals surface area contributed by atoms with Crippen molar-refractivity contribution in [2.45, 2.75) is 44.6 Å².